The number of rotatable bonds is 8. The van der Waals surface area contributed by atoms with E-state index in [1.54, 1.807) is 35.0 Å². The molecule has 9 heteroatoms. The van der Waals surface area contributed by atoms with Crippen molar-refractivity contribution in [3.8, 4) is 17.5 Å². The molecule has 0 aliphatic rings. The van der Waals surface area contributed by atoms with Crippen LogP contribution in [0.5, 0.6) is 5.75 Å². The van der Waals surface area contributed by atoms with Crippen molar-refractivity contribution in [2.45, 2.75) is 19.8 Å². The molecular formula is C27H25F2N3O3S. The van der Waals surface area contributed by atoms with Crippen LogP contribution >= 0.6 is 0 Å². The van der Waals surface area contributed by atoms with Crippen LogP contribution in [0.3, 0.4) is 0 Å². The summed E-state index contributed by atoms with van der Waals surface area (Å²) in [6.45, 7) is 4.26. The number of benzene rings is 3. The molecule has 0 bridgehead atoms. The third-order valence-corrected chi connectivity index (χ3v) is 6.07. The van der Waals surface area contributed by atoms with Crippen LogP contribution in [-0.2, 0) is 15.9 Å². The Morgan fingerprint density at radius 3 is 2.53 bits per heavy atom. The Balaban J connectivity index is 1.87. The first kappa shape index (κ1) is 25.2. The van der Waals surface area contributed by atoms with Crippen molar-refractivity contribution >= 4 is 26.6 Å². The molecular weight excluding hydrogens is 484 g/mol. The number of hydrogen-bond donors (Lipinski definition) is 1. The smallest absolute Gasteiger partial charge is 0.298 e. The highest BCUT2D eigenvalue weighted by molar-refractivity contribution is 7.92. The number of nitriles is 1. The van der Waals surface area contributed by atoms with Crippen molar-refractivity contribution in [3.63, 3.8) is 0 Å². The topological polar surface area (TPSA) is 84.1 Å². The van der Waals surface area contributed by atoms with Gasteiger partial charge in [0.25, 0.3) is 5.92 Å². The molecule has 36 heavy (non-hydrogen) atoms. The predicted octanol–water partition coefficient (Wildman–Crippen LogP) is 6.05. The Labute approximate surface area is 208 Å². The van der Waals surface area contributed by atoms with Crippen molar-refractivity contribution in [3.05, 3.63) is 89.6 Å². The highest BCUT2D eigenvalue weighted by Gasteiger charge is 2.35. The van der Waals surface area contributed by atoms with E-state index < -0.39 is 15.9 Å². The summed E-state index contributed by atoms with van der Waals surface area (Å²) >= 11 is 0. The summed E-state index contributed by atoms with van der Waals surface area (Å²) in [4.78, 5) is 0. The summed E-state index contributed by atoms with van der Waals surface area (Å²) in [5.41, 5.74) is 0.962. The van der Waals surface area contributed by atoms with Gasteiger partial charge in [0.15, 0.2) is 0 Å². The lowest BCUT2D eigenvalue weighted by molar-refractivity contribution is 0.0425. The standard InChI is InChI=1S/C27H25F2N3O3S/c1-18(2)17-35-25-13-22(27(28,29)21-6-4-5-19(11-21)16-30)12-24(15-25)32-10-9-20-7-8-23(14-26(20)32)31-36(3,33)34/h4-15,18,31H,17H2,1-3H3. The number of aromatic nitrogens is 1. The van der Waals surface area contributed by atoms with E-state index >= 15 is 8.78 Å². The Morgan fingerprint density at radius 2 is 1.83 bits per heavy atom. The quantitative estimate of drug-likeness (QED) is 0.313. The van der Waals surface area contributed by atoms with E-state index in [2.05, 4.69) is 4.72 Å². The van der Waals surface area contributed by atoms with E-state index in [1.807, 2.05) is 26.0 Å². The molecule has 1 aromatic heterocycles. The minimum absolute atomic E-state index is 0.141. The normalized spacial score (nSPS) is 12.0. The lowest BCUT2D eigenvalue weighted by Gasteiger charge is -2.21. The van der Waals surface area contributed by atoms with E-state index in [0.29, 0.717) is 23.5 Å². The van der Waals surface area contributed by atoms with Crippen LogP contribution < -0.4 is 9.46 Å². The second kappa shape index (κ2) is 9.63. The summed E-state index contributed by atoms with van der Waals surface area (Å²) in [5, 5.41) is 9.97. The molecule has 0 fully saturated rings. The summed E-state index contributed by atoms with van der Waals surface area (Å²) in [7, 11) is -3.49. The maximum absolute atomic E-state index is 15.7. The number of anilines is 1. The molecule has 0 unspecified atom stereocenters. The fourth-order valence-electron chi connectivity index (χ4n) is 3.83. The number of hydrogen-bond acceptors (Lipinski definition) is 4. The average molecular weight is 510 g/mol. The fourth-order valence-corrected chi connectivity index (χ4v) is 4.39. The van der Waals surface area contributed by atoms with Crippen molar-refractivity contribution in [1.82, 2.24) is 4.57 Å². The molecule has 4 aromatic rings. The lowest BCUT2D eigenvalue weighted by Crippen LogP contribution is -2.16. The Morgan fingerprint density at radius 1 is 1.06 bits per heavy atom. The lowest BCUT2D eigenvalue weighted by atomic mass is 9.98. The molecule has 4 rings (SSSR count). The number of nitrogens with zero attached hydrogens (tertiary/aromatic N) is 2. The zero-order valence-electron chi connectivity index (χ0n) is 20.0. The van der Waals surface area contributed by atoms with E-state index in [4.69, 9.17) is 10.00 Å². The maximum Gasteiger partial charge on any atom is 0.298 e. The van der Waals surface area contributed by atoms with Gasteiger partial charge >= 0.3 is 0 Å². The van der Waals surface area contributed by atoms with Gasteiger partial charge in [-0.3, -0.25) is 4.72 Å². The van der Waals surface area contributed by atoms with E-state index in [1.165, 1.54) is 36.4 Å². The van der Waals surface area contributed by atoms with E-state index in [9.17, 15) is 8.42 Å². The molecule has 1 N–H and O–H groups in total. The van der Waals surface area contributed by atoms with Crippen molar-refractivity contribution < 1.29 is 21.9 Å². The predicted molar refractivity (Wildman–Crippen MR) is 136 cm³/mol. The minimum atomic E-state index is -3.49. The van der Waals surface area contributed by atoms with Gasteiger partial charge in [-0.1, -0.05) is 32.0 Å². The molecule has 0 atom stereocenters. The number of sulfonamides is 1. The Kier molecular flexibility index (Phi) is 6.74. The number of nitrogens with one attached hydrogen (secondary N) is 1. The largest absolute Gasteiger partial charge is 0.493 e. The molecule has 186 valence electrons. The Bertz CT molecular complexity index is 1570. The van der Waals surface area contributed by atoms with Gasteiger partial charge in [-0.05, 0) is 48.4 Å². The molecule has 1 heterocycles. The highest BCUT2D eigenvalue weighted by atomic mass is 32.2. The summed E-state index contributed by atoms with van der Waals surface area (Å²) in [6, 6.07) is 18.5. The second-order valence-electron chi connectivity index (χ2n) is 9.02. The maximum atomic E-state index is 15.7. The number of alkyl halides is 2. The van der Waals surface area contributed by atoms with E-state index in [0.717, 1.165) is 11.6 Å². The van der Waals surface area contributed by atoms with Gasteiger partial charge in [-0.15, -0.1) is 0 Å². The second-order valence-corrected chi connectivity index (χ2v) is 10.8. The first-order chi connectivity index (χ1) is 17.0. The SMILES string of the molecule is CC(C)COc1cc(-n2ccc3ccc(NS(C)(=O)=O)cc32)cc(C(F)(F)c2cccc(C#N)c2)c1. The zero-order valence-corrected chi connectivity index (χ0v) is 20.8. The Hall–Kier alpha value is -3.90. The molecule has 6 nitrogen and oxygen atoms in total. The highest BCUT2D eigenvalue weighted by Crippen LogP contribution is 2.39. The van der Waals surface area contributed by atoms with Crippen molar-refractivity contribution in [1.29, 1.82) is 5.26 Å². The minimum Gasteiger partial charge on any atom is -0.493 e. The molecule has 0 radical (unpaired) electrons. The van der Waals surface area contributed by atoms with Gasteiger partial charge in [0.2, 0.25) is 10.0 Å². The van der Waals surface area contributed by atoms with Gasteiger partial charge in [-0.2, -0.15) is 14.0 Å². The van der Waals surface area contributed by atoms with Crippen molar-refractivity contribution in [2.24, 2.45) is 5.92 Å². The number of fused-ring (bicyclic) bond motifs is 1. The van der Waals surface area contributed by atoms with Gasteiger partial charge < -0.3 is 9.30 Å². The zero-order chi connectivity index (χ0) is 26.1. The third kappa shape index (κ3) is 5.50. The molecule has 0 saturated heterocycles. The van der Waals surface area contributed by atoms with Crippen LogP contribution in [0.15, 0.2) is 72.9 Å². The summed E-state index contributed by atoms with van der Waals surface area (Å²) in [6.07, 6.45) is 2.79. The molecule has 0 saturated carbocycles. The van der Waals surface area contributed by atoms with Crippen LogP contribution in [0, 0.1) is 17.2 Å². The van der Waals surface area contributed by atoms with Gasteiger partial charge in [0, 0.05) is 34.5 Å². The fraction of sp³-hybridized carbons (Fsp3) is 0.222. The van der Waals surface area contributed by atoms with Crippen LogP contribution in [-0.4, -0.2) is 25.8 Å². The van der Waals surface area contributed by atoms with Gasteiger partial charge in [0.05, 0.1) is 35.7 Å². The molecule has 0 spiro atoms. The average Bonchev–Trinajstić information content (AvgIpc) is 3.25. The third-order valence-electron chi connectivity index (χ3n) is 5.47. The molecule has 3 aromatic carbocycles. The van der Waals surface area contributed by atoms with Gasteiger partial charge in [0.1, 0.15) is 5.75 Å². The van der Waals surface area contributed by atoms with Crippen LogP contribution in [0.2, 0.25) is 0 Å². The van der Waals surface area contributed by atoms with E-state index in [-0.39, 0.29) is 28.4 Å². The molecule has 0 aliphatic heterocycles. The molecule has 0 amide bonds. The number of ether oxygens (including phenoxy) is 1. The first-order valence-electron chi connectivity index (χ1n) is 11.2. The van der Waals surface area contributed by atoms with Crippen molar-refractivity contribution in [2.75, 3.05) is 17.6 Å². The van der Waals surface area contributed by atoms with Crippen LogP contribution in [0.1, 0.15) is 30.5 Å². The van der Waals surface area contributed by atoms with Crippen LogP contribution in [0.25, 0.3) is 16.6 Å². The molecule has 0 aliphatic carbocycles. The first-order valence-corrected chi connectivity index (χ1v) is 13.1. The van der Waals surface area contributed by atoms with Gasteiger partial charge in [-0.25, -0.2) is 8.42 Å². The van der Waals surface area contributed by atoms with Crippen LogP contribution in [0.4, 0.5) is 14.5 Å². The summed E-state index contributed by atoms with van der Waals surface area (Å²) < 4.78 is 64.8. The number of halogens is 2. The summed E-state index contributed by atoms with van der Waals surface area (Å²) in [5.74, 6) is -2.94. The monoisotopic (exact) mass is 509 g/mol.